The van der Waals surface area contributed by atoms with Crippen LogP contribution in [0.2, 0.25) is 5.02 Å². The van der Waals surface area contributed by atoms with Gasteiger partial charge in [-0.1, -0.05) is 59.2 Å². The third-order valence-corrected chi connectivity index (χ3v) is 4.05. The molecule has 0 bridgehead atoms. The Kier molecular flexibility index (Phi) is 7.66. The van der Waals surface area contributed by atoms with Crippen LogP contribution in [0.1, 0.15) is 41.6 Å². The number of benzene rings is 1. The molecule has 0 saturated heterocycles. The number of nitrogens with one attached hydrogen (secondary N) is 1. The highest BCUT2D eigenvalue weighted by molar-refractivity contribution is 14.1. The van der Waals surface area contributed by atoms with Crippen LogP contribution in [0.25, 0.3) is 0 Å². The Hall–Kier alpha value is -0.290. The Morgan fingerprint density at radius 3 is 2.72 bits per heavy atom. The molecule has 0 aliphatic heterocycles. The van der Waals surface area contributed by atoms with E-state index in [1.54, 1.807) is 6.07 Å². The Morgan fingerprint density at radius 2 is 2.00 bits per heavy atom. The number of unbranched alkanes of at least 4 members (excludes halogenated alkanes) is 3. The van der Waals surface area contributed by atoms with Crippen molar-refractivity contribution in [2.24, 2.45) is 0 Å². The standard InChI is InChI=1S/C14H19ClINO/c1-11-7-6-8-12(13(11)15)14(18)17-10-5-3-2-4-9-16/h6-8H,2-5,9-10H2,1H3,(H,17,18). The van der Waals surface area contributed by atoms with Gasteiger partial charge < -0.3 is 5.32 Å². The van der Waals surface area contributed by atoms with Gasteiger partial charge in [-0.2, -0.15) is 0 Å². The molecule has 0 aliphatic rings. The first-order chi connectivity index (χ1) is 8.66. The molecule has 1 N–H and O–H groups in total. The molecule has 1 amide bonds. The summed E-state index contributed by atoms with van der Waals surface area (Å²) in [5.74, 6) is -0.0717. The van der Waals surface area contributed by atoms with E-state index in [0.29, 0.717) is 10.6 Å². The SMILES string of the molecule is Cc1cccc(C(=O)NCCCCCCI)c1Cl. The van der Waals surface area contributed by atoms with Gasteiger partial charge in [0, 0.05) is 6.54 Å². The molecule has 1 rings (SSSR count). The lowest BCUT2D eigenvalue weighted by atomic mass is 10.1. The average Bonchev–Trinajstić information content (AvgIpc) is 2.36. The number of amides is 1. The van der Waals surface area contributed by atoms with Gasteiger partial charge in [-0.15, -0.1) is 0 Å². The third kappa shape index (κ3) is 5.14. The lowest BCUT2D eigenvalue weighted by Crippen LogP contribution is -2.24. The van der Waals surface area contributed by atoms with Crippen LogP contribution >= 0.6 is 34.2 Å². The second-order valence-corrected chi connectivity index (χ2v) is 5.75. The van der Waals surface area contributed by atoms with E-state index in [0.717, 1.165) is 18.5 Å². The minimum absolute atomic E-state index is 0.0717. The molecule has 0 aromatic heterocycles. The lowest BCUT2D eigenvalue weighted by Gasteiger charge is -2.08. The van der Waals surface area contributed by atoms with Crippen LogP contribution in [-0.4, -0.2) is 16.9 Å². The first-order valence-electron chi connectivity index (χ1n) is 6.26. The molecule has 0 aliphatic carbocycles. The molecule has 0 saturated carbocycles. The van der Waals surface area contributed by atoms with Gasteiger partial charge in [0.2, 0.25) is 0 Å². The molecule has 0 spiro atoms. The summed E-state index contributed by atoms with van der Waals surface area (Å²) in [7, 11) is 0. The van der Waals surface area contributed by atoms with Crippen LogP contribution in [0, 0.1) is 6.92 Å². The molecule has 0 fully saturated rings. The molecule has 1 aromatic carbocycles. The molecule has 4 heteroatoms. The molecule has 0 radical (unpaired) electrons. The highest BCUT2D eigenvalue weighted by Crippen LogP contribution is 2.19. The van der Waals surface area contributed by atoms with E-state index in [1.807, 2.05) is 19.1 Å². The highest BCUT2D eigenvalue weighted by Gasteiger charge is 2.10. The summed E-state index contributed by atoms with van der Waals surface area (Å²) in [6.45, 7) is 2.63. The smallest absolute Gasteiger partial charge is 0.252 e. The number of carbonyl (C=O) groups is 1. The number of hydrogen-bond acceptors (Lipinski definition) is 1. The second-order valence-electron chi connectivity index (χ2n) is 4.30. The summed E-state index contributed by atoms with van der Waals surface area (Å²) in [5.41, 5.74) is 1.51. The van der Waals surface area contributed by atoms with Crippen LogP contribution in [0.5, 0.6) is 0 Å². The zero-order chi connectivity index (χ0) is 13.4. The zero-order valence-electron chi connectivity index (χ0n) is 10.6. The molecular formula is C14H19ClINO. The minimum atomic E-state index is -0.0717. The molecule has 0 heterocycles. The first kappa shape index (κ1) is 15.8. The van der Waals surface area contributed by atoms with Crippen LogP contribution < -0.4 is 5.32 Å². The Labute approximate surface area is 128 Å². The fourth-order valence-electron chi connectivity index (χ4n) is 1.69. The van der Waals surface area contributed by atoms with Gasteiger partial charge in [-0.05, 0) is 35.8 Å². The maximum absolute atomic E-state index is 11.9. The summed E-state index contributed by atoms with van der Waals surface area (Å²) in [5, 5.41) is 3.47. The van der Waals surface area contributed by atoms with Crippen molar-refractivity contribution >= 4 is 40.1 Å². The maximum Gasteiger partial charge on any atom is 0.252 e. The minimum Gasteiger partial charge on any atom is -0.352 e. The molecule has 2 nitrogen and oxygen atoms in total. The summed E-state index contributed by atoms with van der Waals surface area (Å²) in [6.07, 6.45) is 4.71. The highest BCUT2D eigenvalue weighted by atomic mass is 127. The van der Waals surface area contributed by atoms with E-state index in [2.05, 4.69) is 27.9 Å². The molecular weight excluding hydrogens is 361 g/mol. The van der Waals surface area contributed by atoms with Crippen molar-refractivity contribution in [1.29, 1.82) is 0 Å². The van der Waals surface area contributed by atoms with Crippen molar-refractivity contribution in [2.45, 2.75) is 32.6 Å². The summed E-state index contributed by atoms with van der Waals surface area (Å²) < 4.78 is 1.21. The van der Waals surface area contributed by atoms with Crippen molar-refractivity contribution < 1.29 is 4.79 Å². The van der Waals surface area contributed by atoms with Crippen molar-refractivity contribution in [1.82, 2.24) is 5.32 Å². The molecule has 0 atom stereocenters. The quantitative estimate of drug-likeness (QED) is 0.425. The van der Waals surface area contributed by atoms with Gasteiger partial charge in [0.15, 0.2) is 0 Å². The van der Waals surface area contributed by atoms with Gasteiger partial charge in [0.05, 0.1) is 10.6 Å². The normalized spacial score (nSPS) is 10.4. The number of hydrogen-bond donors (Lipinski definition) is 1. The first-order valence-corrected chi connectivity index (χ1v) is 8.16. The van der Waals surface area contributed by atoms with Crippen molar-refractivity contribution in [3.63, 3.8) is 0 Å². The number of halogens is 2. The van der Waals surface area contributed by atoms with Crippen molar-refractivity contribution in [2.75, 3.05) is 11.0 Å². The second kappa shape index (κ2) is 8.75. The predicted octanol–water partition coefficient (Wildman–Crippen LogP) is 4.37. The molecule has 100 valence electrons. The number of rotatable bonds is 7. The van der Waals surface area contributed by atoms with Crippen molar-refractivity contribution in [3.05, 3.63) is 34.3 Å². The fourth-order valence-corrected chi connectivity index (χ4v) is 2.44. The van der Waals surface area contributed by atoms with Gasteiger partial charge >= 0.3 is 0 Å². The van der Waals surface area contributed by atoms with Crippen LogP contribution in [0.15, 0.2) is 18.2 Å². The molecule has 18 heavy (non-hydrogen) atoms. The van der Waals surface area contributed by atoms with Gasteiger partial charge in [0.1, 0.15) is 0 Å². The maximum atomic E-state index is 11.9. The fraction of sp³-hybridized carbons (Fsp3) is 0.500. The van der Waals surface area contributed by atoms with Gasteiger partial charge in [0.25, 0.3) is 5.91 Å². The largest absolute Gasteiger partial charge is 0.352 e. The Morgan fingerprint density at radius 1 is 1.28 bits per heavy atom. The number of alkyl halides is 1. The Balaban J connectivity index is 2.35. The summed E-state index contributed by atoms with van der Waals surface area (Å²) in [6, 6.07) is 5.53. The zero-order valence-corrected chi connectivity index (χ0v) is 13.6. The topological polar surface area (TPSA) is 29.1 Å². The average molecular weight is 380 g/mol. The van der Waals surface area contributed by atoms with E-state index >= 15 is 0 Å². The van der Waals surface area contributed by atoms with E-state index < -0.39 is 0 Å². The van der Waals surface area contributed by atoms with Crippen LogP contribution in [0.3, 0.4) is 0 Å². The van der Waals surface area contributed by atoms with E-state index in [1.165, 1.54) is 23.7 Å². The van der Waals surface area contributed by atoms with E-state index in [4.69, 9.17) is 11.6 Å². The van der Waals surface area contributed by atoms with Crippen LogP contribution in [-0.2, 0) is 0 Å². The van der Waals surface area contributed by atoms with Crippen LogP contribution in [0.4, 0.5) is 0 Å². The van der Waals surface area contributed by atoms with Crippen molar-refractivity contribution in [3.8, 4) is 0 Å². The molecule has 1 aromatic rings. The third-order valence-electron chi connectivity index (χ3n) is 2.78. The monoisotopic (exact) mass is 379 g/mol. The van der Waals surface area contributed by atoms with E-state index in [9.17, 15) is 4.79 Å². The summed E-state index contributed by atoms with van der Waals surface area (Å²) >= 11 is 8.50. The number of carbonyl (C=O) groups excluding carboxylic acids is 1. The number of aryl methyl sites for hydroxylation is 1. The van der Waals surface area contributed by atoms with E-state index in [-0.39, 0.29) is 5.91 Å². The van der Waals surface area contributed by atoms with Gasteiger partial charge in [-0.25, -0.2) is 0 Å². The summed E-state index contributed by atoms with van der Waals surface area (Å²) in [4.78, 5) is 11.9. The predicted molar refractivity (Wildman–Crippen MR) is 85.9 cm³/mol. The lowest BCUT2D eigenvalue weighted by molar-refractivity contribution is 0.0953. The molecule has 0 unspecified atom stereocenters. The van der Waals surface area contributed by atoms with Gasteiger partial charge in [-0.3, -0.25) is 4.79 Å². The Bertz CT molecular complexity index is 395.